The molecule has 0 fully saturated rings. The molecule has 4 nitrogen and oxygen atoms in total. The van der Waals surface area contributed by atoms with Crippen molar-refractivity contribution in [2.45, 2.75) is 25.7 Å². The van der Waals surface area contributed by atoms with Crippen LogP contribution in [-0.2, 0) is 12.8 Å². The fourth-order valence-corrected chi connectivity index (χ4v) is 4.17. The van der Waals surface area contributed by atoms with Crippen LogP contribution in [0.25, 0.3) is 0 Å². The second-order valence-electron chi connectivity index (χ2n) is 6.35. The molecule has 4 rings (SSSR count). The molecule has 0 spiro atoms. The van der Waals surface area contributed by atoms with E-state index in [1.807, 2.05) is 42.5 Å². The van der Waals surface area contributed by atoms with Gasteiger partial charge in [-0.2, -0.15) is 0 Å². The highest BCUT2D eigenvalue weighted by molar-refractivity contribution is 7.17. The van der Waals surface area contributed by atoms with E-state index >= 15 is 0 Å². The number of hydrogen-bond donors (Lipinski definition) is 1. The molecule has 1 aromatic heterocycles. The van der Waals surface area contributed by atoms with E-state index < -0.39 is 0 Å². The Labute approximate surface area is 155 Å². The zero-order valence-corrected chi connectivity index (χ0v) is 15.0. The summed E-state index contributed by atoms with van der Waals surface area (Å²) in [5.74, 6) is -0.0520. The molecule has 0 saturated heterocycles. The molecule has 1 N–H and O–H groups in total. The number of benzene rings is 2. The Kier molecular flexibility index (Phi) is 4.63. The van der Waals surface area contributed by atoms with Crippen LogP contribution in [0, 0.1) is 0 Å². The van der Waals surface area contributed by atoms with E-state index in [2.05, 4.69) is 22.4 Å². The van der Waals surface area contributed by atoms with Crippen LogP contribution in [0.5, 0.6) is 0 Å². The molecule has 0 atom stereocenters. The minimum Gasteiger partial charge on any atom is -0.298 e. The van der Waals surface area contributed by atoms with Gasteiger partial charge in [-0.25, -0.2) is 4.98 Å². The smallest absolute Gasteiger partial charge is 0.257 e. The molecule has 1 heterocycles. The average Bonchev–Trinajstić information content (AvgIpc) is 3.07. The van der Waals surface area contributed by atoms with Crippen molar-refractivity contribution >= 4 is 28.2 Å². The Morgan fingerprint density at radius 2 is 1.81 bits per heavy atom. The molecular formula is C21H18N2O2S. The lowest BCUT2D eigenvalue weighted by Crippen LogP contribution is -2.14. The molecule has 0 bridgehead atoms. The molecule has 3 aromatic rings. The lowest BCUT2D eigenvalue weighted by molar-refractivity contribution is 0.0975. The first kappa shape index (κ1) is 16.7. The van der Waals surface area contributed by atoms with Gasteiger partial charge in [0.15, 0.2) is 10.9 Å². The van der Waals surface area contributed by atoms with Gasteiger partial charge in [0.2, 0.25) is 0 Å². The van der Waals surface area contributed by atoms with Crippen LogP contribution in [0.4, 0.5) is 5.13 Å². The quantitative estimate of drug-likeness (QED) is 0.743. The highest BCUT2D eigenvalue weighted by Crippen LogP contribution is 2.30. The zero-order valence-electron chi connectivity index (χ0n) is 14.2. The minimum absolute atomic E-state index is 0.133. The molecular weight excluding hydrogens is 344 g/mol. The van der Waals surface area contributed by atoms with Gasteiger partial charge >= 0.3 is 0 Å². The predicted octanol–water partition coefficient (Wildman–Crippen LogP) is 4.51. The van der Waals surface area contributed by atoms with Gasteiger partial charge in [-0.05, 0) is 36.5 Å². The Morgan fingerprint density at radius 1 is 1.04 bits per heavy atom. The summed E-state index contributed by atoms with van der Waals surface area (Å²) in [6.45, 7) is 0. The number of carbonyl (C=O) groups excluding carboxylic acids is 2. The molecule has 0 saturated carbocycles. The third-order valence-electron chi connectivity index (χ3n) is 4.49. The highest BCUT2D eigenvalue weighted by atomic mass is 32.1. The van der Waals surface area contributed by atoms with E-state index in [0.717, 1.165) is 29.7 Å². The van der Waals surface area contributed by atoms with Gasteiger partial charge in [0.1, 0.15) is 0 Å². The van der Waals surface area contributed by atoms with Gasteiger partial charge in [0.05, 0.1) is 10.6 Å². The van der Waals surface area contributed by atoms with Crippen molar-refractivity contribution in [2.75, 3.05) is 5.32 Å². The monoisotopic (exact) mass is 362 g/mol. The number of ketones is 1. The van der Waals surface area contributed by atoms with Crippen LogP contribution in [0.15, 0.2) is 54.6 Å². The van der Waals surface area contributed by atoms with E-state index in [9.17, 15) is 9.59 Å². The number of aryl methyl sites for hydroxylation is 1. The summed E-state index contributed by atoms with van der Waals surface area (Å²) in [6.07, 6.45) is 2.90. The SMILES string of the molecule is O=C(Nc1nc2c(s1)C(=O)CCC2)c1ccccc1Cc1ccccc1. The largest absolute Gasteiger partial charge is 0.298 e. The lowest BCUT2D eigenvalue weighted by Gasteiger charge is -2.09. The number of Topliss-reactive ketones (excluding diaryl/α,β-unsaturated/α-hetero) is 1. The minimum atomic E-state index is -0.185. The van der Waals surface area contributed by atoms with Crippen LogP contribution in [0.1, 0.15) is 49.7 Å². The predicted molar refractivity (Wildman–Crippen MR) is 103 cm³/mol. The summed E-state index contributed by atoms with van der Waals surface area (Å²) >= 11 is 1.28. The molecule has 2 aromatic carbocycles. The van der Waals surface area contributed by atoms with Crippen LogP contribution in [-0.4, -0.2) is 16.7 Å². The fourth-order valence-electron chi connectivity index (χ4n) is 3.20. The van der Waals surface area contributed by atoms with Gasteiger partial charge < -0.3 is 0 Å². The van der Waals surface area contributed by atoms with Gasteiger partial charge in [0, 0.05) is 12.0 Å². The number of rotatable bonds is 4. The number of aromatic nitrogens is 1. The Hall–Kier alpha value is -2.79. The van der Waals surface area contributed by atoms with Crippen LogP contribution < -0.4 is 5.32 Å². The molecule has 5 heteroatoms. The molecule has 1 amide bonds. The van der Waals surface area contributed by atoms with Gasteiger partial charge in [0.25, 0.3) is 5.91 Å². The summed E-state index contributed by atoms with van der Waals surface area (Å²) in [4.78, 5) is 29.9. The van der Waals surface area contributed by atoms with Crippen molar-refractivity contribution in [2.24, 2.45) is 0 Å². The van der Waals surface area contributed by atoms with Crippen LogP contribution in [0.3, 0.4) is 0 Å². The molecule has 0 unspecified atom stereocenters. The van der Waals surface area contributed by atoms with Crippen molar-refractivity contribution in [3.05, 3.63) is 81.9 Å². The Morgan fingerprint density at radius 3 is 2.62 bits per heavy atom. The van der Waals surface area contributed by atoms with Gasteiger partial charge in [-0.15, -0.1) is 0 Å². The summed E-state index contributed by atoms with van der Waals surface area (Å²) in [6, 6.07) is 17.7. The summed E-state index contributed by atoms with van der Waals surface area (Å²) in [5, 5.41) is 3.38. The number of carbonyl (C=O) groups is 2. The second-order valence-corrected chi connectivity index (χ2v) is 7.34. The summed E-state index contributed by atoms with van der Waals surface area (Å²) in [5.41, 5.74) is 3.58. The fraction of sp³-hybridized carbons (Fsp3) is 0.190. The first-order valence-electron chi connectivity index (χ1n) is 8.67. The maximum atomic E-state index is 12.8. The van der Waals surface area contributed by atoms with Crippen molar-refractivity contribution < 1.29 is 9.59 Å². The van der Waals surface area contributed by atoms with Crippen molar-refractivity contribution in [3.63, 3.8) is 0 Å². The van der Waals surface area contributed by atoms with Gasteiger partial charge in [-0.3, -0.25) is 14.9 Å². The lowest BCUT2D eigenvalue weighted by atomic mass is 9.99. The number of nitrogens with zero attached hydrogens (tertiary/aromatic N) is 1. The Balaban J connectivity index is 1.56. The van der Waals surface area contributed by atoms with Gasteiger partial charge in [-0.1, -0.05) is 59.9 Å². The maximum Gasteiger partial charge on any atom is 0.257 e. The van der Waals surface area contributed by atoms with Crippen molar-refractivity contribution in [3.8, 4) is 0 Å². The Bertz CT molecular complexity index is 963. The number of amides is 1. The first-order valence-corrected chi connectivity index (χ1v) is 9.48. The molecule has 130 valence electrons. The standard InChI is InChI=1S/C21H18N2O2S/c24-18-12-6-11-17-19(18)26-21(22-17)23-20(25)16-10-5-4-9-15(16)13-14-7-2-1-3-8-14/h1-5,7-10H,6,11-13H2,(H,22,23,25). The summed E-state index contributed by atoms with van der Waals surface area (Å²) < 4.78 is 0. The third kappa shape index (κ3) is 3.44. The molecule has 1 aliphatic carbocycles. The molecule has 0 aliphatic heterocycles. The number of hydrogen-bond acceptors (Lipinski definition) is 4. The normalized spacial score (nSPS) is 13.3. The van der Waals surface area contributed by atoms with E-state index in [4.69, 9.17) is 0 Å². The second kappa shape index (κ2) is 7.22. The highest BCUT2D eigenvalue weighted by Gasteiger charge is 2.23. The van der Waals surface area contributed by atoms with E-state index in [1.165, 1.54) is 11.3 Å². The molecule has 0 radical (unpaired) electrons. The van der Waals surface area contributed by atoms with E-state index in [0.29, 0.717) is 28.4 Å². The number of nitrogens with one attached hydrogen (secondary N) is 1. The number of anilines is 1. The average molecular weight is 362 g/mol. The molecule has 1 aliphatic rings. The summed E-state index contributed by atoms with van der Waals surface area (Å²) in [7, 11) is 0. The number of fused-ring (bicyclic) bond motifs is 1. The maximum absolute atomic E-state index is 12.8. The molecule has 26 heavy (non-hydrogen) atoms. The first-order chi connectivity index (χ1) is 12.7. The van der Waals surface area contributed by atoms with E-state index in [1.54, 1.807) is 0 Å². The van der Waals surface area contributed by atoms with Crippen molar-refractivity contribution in [1.29, 1.82) is 0 Å². The topological polar surface area (TPSA) is 59.1 Å². The van der Waals surface area contributed by atoms with Crippen LogP contribution in [0.2, 0.25) is 0 Å². The van der Waals surface area contributed by atoms with Crippen molar-refractivity contribution in [1.82, 2.24) is 4.98 Å². The third-order valence-corrected chi connectivity index (χ3v) is 5.54. The van der Waals surface area contributed by atoms with E-state index in [-0.39, 0.29) is 11.7 Å². The van der Waals surface area contributed by atoms with Crippen LogP contribution >= 0.6 is 11.3 Å². The zero-order chi connectivity index (χ0) is 17.9. The number of thiazole rings is 1.